The molecule has 2 aromatic rings. The van der Waals surface area contributed by atoms with Gasteiger partial charge in [-0.05, 0) is 61.9 Å². The molecule has 2 atom stereocenters. The quantitative estimate of drug-likeness (QED) is 0.310. The van der Waals surface area contributed by atoms with Crippen molar-refractivity contribution in [2.24, 2.45) is 11.8 Å². The van der Waals surface area contributed by atoms with Gasteiger partial charge in [-0.1, -0.05) is 24.3 Å². The third-order valence-electron chi connectivity index (χ3n) is 8.58. The second-order valence-electron chi connectivity index (χ2n) is 11.1. The number of amides is 1. The van der Waals surface area contributed by atoms with Crippen LogP contribution in [0.3, 0.4) is 0 Å². The first-order chi connectivity index (χ1) is 20.3. The normalized spacial score (nSPS) is 25.2. The molecule has 44 heavy (non-hydrogen) atoms. The molecule has 1 amide bonds. The number of aliphatic hydroxyl groups is 1. The van der Waals surface area contributed by atoms with E-state index in [2.05, 4.69) is 0 Å². The molecular weight excluding hydrogens is 630 g/mol. The number of sulfone groups is 1. The van der Waals surface area contributed by atoms with Crippen LogP contribution in [0.5, 0.6) is 0 Å². The fourth-order valence-corrected chi connectivity index (χ4v) is 8.21. The zero-order chi connectivity index (χ0) is 32.9. The Labute approximate surface area is 246 Å². The van der Waals surface area contributed by atoms with Crippen molar-refractivity contribution in [3.63, 3.8) is 0 Å². The van der Waals surface area contributed by atoms with Crippen LogP contribution in [0.2, 0.25) is 0 Å². The van der Waals surface area contributed by atoms with Gasteiger partial charge < -0.3 is 15.1 Å². The number of aliphatic carboxylic acids is 1. The molecule has 0 bridgehead atoms. The summed E-state index contributed by atoms with van der Waals surface area (Å²) in [6, 6.07) is 3.78. The van der Waals surface area contributed by atoms with Crippen LogP contribution in [0.4, 0.5) is 35.1 Å². The molecule has 242 valence electrons. The zero-order valence-electron chi connectivity index (χ0n) is 22.7. The summed E-state index contributed by atoms with van der Waals surface area (Å²) in [7, 11) is -4.72. The van der Waals surface area contributed by atoms with Gasteiger partial charge in [0.2, 0.25) is 5.91 Å². The summed E-state index contributed by atoms with van der Waals surface area (Å²) >= 11 is 0. The van der Waals surface area contributed by atoms with Crippen LogP contribution < -0.4 is 0 Å². The Kier molecular flexibility index (Phi) is 8.85. The van der Waals surface area contributed by atoms with Gasteiger partial charge in [0.05, 0.1) is 23.5 Å². The van der Waals surface area contributed by atoms with Crippen LogP contribution in [0.1, 0.15) is 43.2 Å². The molecular formula is C28H27F8NO6S. The lowest BCUT2D eigenvalue weighted by atomic mass is 9.81. The minimum atomic E-state index is -6.41. The number of halogens is 8. The predicted octanol–water partition coefficient (Wildman–Crippen LogP) is 5.27. The van der Waals surface area contributed by atoms with Gasteiger partial charge in [-0.15, -0.1) is 0 Å². The molecule has 4 rings (SSSR count). The molecule has 2 aromatic carbocycles. The number of hydrogen-bond acceptors (Lipinski definition) is 5. The lowest BCUT2D eigenvalue weighted by molar-refractivity contribution is -0.348. The Hall–Kier alpha value is -3.27. The molecule has 16 heteroatoms. The number of hydrogen-bond donors (Lipinski definition) is 2. The maximum Gasteiger partial charge on any atom is 0.435 e. The first kappa shape index (κ1) is 33.6. The molecule has 1 saturated carbocycles. The SMILES string of the molecule is O=C(O)C1CCC(C(=O)N2CC(c3ccc(C(F)(C(F)(F)F)C(F)(F)F)cc3)(S(=O)(=O)c3ccc(F)cc3)C[C@H]2CO)CC1. The summed E-state index contributed by atoms with van der Waals surface area (Å²) in [4.78, 5) is 25.5. The Balaban J connectivity index is 1.81. The fourth-order valence-electron chi connectivity index (χ4n) is 6.09. The van der Waals surface area contributed by atoms with Crippen molar-refractivity contribution in [2.75, 3.05) is 13.2 Å². The molecule has 1 unspecified atom stereocenters. The van der Waals surface area contributed by atoms with Crippen LogP contribution in [0, 0.1) is 17.7 Å². The van der Waals surface area contributed by atoms with Gasteiger partial charge in [0.25, 0.3) is 0 Å². The number of benzene rings is 2. The van der Waals surface area contributed by atoms with Crippen molar-refractivity contribution in [1.29, 1.82) is 0 Å². The van der Waals surface area contributed by atoms with Crippen molar-refractivity contribution in [3.05, 3.63) is 65.5 Å². The van der Waals surface area contributed by atoms with Gasteiger partial charge >= 0.3 is 24.0 Å². The van der Waals surface area contributed by atoms with Crippen LogP contribution in [0.15, 0.2) is 53.4 Å². The molecule has 1 heterocycles. The smallest absolute Gasteiger partial charge is 0.435 e. The molecule has 2 N–H and O–H groups in total. The molecule has 0 spiro atoms. The van der Waals surface area contributed by atoms with E-state index >= 15 is 0 Å². The fraction of sp³-hybridized carbons (Fsp3) is 0.500. The summed E-state index contributed by atoms with van der Waals surface area (Å²) in [5.74, 6) is -3.88. The van der Waals surface area contributed by atoms with Gasteiger partial charge in [-0.3, -0.25) is 9.59 Å². The van der Waals surface area contributed by atoms with E-state index in [1.54, 1.807) is 0 Å². The first-order valence-corrected chi connectivity index (χ1v) is 14.9. The van der Waals surface area contributed by atoms with Crippen molar-refractivity contribution < 1.29 is 63.3 Å². The van der Waals surface area contributed by atoms with Crippen molar-refractivity contribution >= 4 is 21.7 Å². The molecule has 1 aliphatic heterocycles. The molecule has 0 aromatic heterocycles. The number of likely N-dealkylation sites (tertiary alicyclic amines) is 1. The van der Waals surface area contributed by atoms with Gasteiger partial charge in [0.15, 0.2) is 9.84 Å². The summed E-state index contributed by atoms with van der Waals surface area (Å²) in [6.07, 6.45) is -12.8. The molecule has 0 radical (unpaired) electrons. The van der Waals surface area contributed by atoms with Crippen molar-refractivity contribution in [3.8, 4) is 0 Å². The maximum absolute atomic E-state index is 14.7. The second-order valence-corrected chi connectivity index (χ2v) is 13.3. The lowest BCUT2D eigenvalue weighted by Gasteiger charge is -2.33. The third kappa shape index (κ3) is 5.54. The predicted molar refractivity (Wildman–Crippen MR) is 137 cm³/mol. The molecule has 1 aliphatic carbocycles. The number of alkyl halides is 7. The Morgan fingerprint density at radius 2 is 1.34 bits per heavy atom. The number of carboxylic acid groups (broad SMARTS) is 1. The highest BCUT2D eigenvalue weighted by molar-refractivity contribution is 7.92. The van der Waals surface area contributed by atoms with Gasteiger partial charge in [0.1, 0.15) is 10.6 Å². The van der Waals surface area contributed by atoms with Crippen LogP contribution >= 0.6 is 0 Å². The maximum atomic E-state index is 14.7. The zero-order valence-corrected chi connectivity index (χ0v) is 23.5. The number of rotatable bonds is 7. The van der Waals surface area contributed by atoms with Crippen LogP contribution in [0.25, 0.3) is 0 Å². The monoisotopic (exact) mass is 657 g/mol. The molecule has 2 aliphatic rings. The Morgan fingerprint density at radius 3 is 1.80 bits per heavy atom. The van der Waals surface area contributed by atoms with Gasteiger partial charge in [-0.2, -0.15) is 26.3 Å². The van der Waals surface area contributed by atoms with Crippen LogP contribution in [-0.2, 0) is 29.8 Å². The van der Waals surface area contributed by atoms with Crippen molar-refractivity contribution in [1.82, 2.24) is 4.90 Å². The third-order valence-corrected chi connectivity index (χ3v) is 11.0. The average Bonchev–Trinajstić information content (AvgIpc) is 3.37. The lowest BCUT2D eigenvalue weighted by Crippen LogP contribution is -2.50. The number of nitrogens with zero attached hydrogens (tertiary/aromatic N) is 1. The number of carboxylic acids is 1. The minimum Gasteiger partial charge on any atom is -0.481 e. The highest BCUT2D eigenvalue weighted by atomic mass is 32.2. The Bertz CT molecular complexity index is 1470. The van der Waals surface area contributed by atoms with Gasteiger partial charge in [-0.25, -0.2) is 17.2 Å². The number of aliphatic hydroxyl groups excluding tert-OH is 1. The minimum absolute atomic E-state index is 0.143. The van der Waals surface area contributed by atoms with E-state index < -0.39 is 98.2 Å². The molecule has 1 saturated heterocycles. The highest BCUT2D eigenvalue weighted by Gasteiger charge is 2.73. The summed E-state index contributed by atoms with van der Waals surface area (Å²) < 4.78 is 135. The van der Waals surface area contributed by atoms with Crippen LogP contribution in [-0.4, -0.2) is 67.0 Å². The van der Waals surface area contributed by atoms with Crippen molar-refractivity contribution in [2.45, 2.75) is 65.8 Å². The summed E-state index contributed by atoms with van der Waals surface area (Å²) in [5, 5.41) is 19.4. The van der Waals surface area contributed by atoms with E-state index in [-0.39, 0.29) is 43.4 Å². The topological polar surface area (TPSA) is 112 Å². The van der Waals surface area contributed by atoms with Gasteiger partial charge in [0, 0.05) is 18.0 Å². The highest BCUT2D eigenvalue weighted by Crippen LogP contribution is 2.54. The Morgan fingerprint density at radius 1 is 0.841 bits per heavy atom. The van der Waals surface area contributed by atoms with E-state index in [4.69, 9.17) is 0 Å². The second kappa shape index (κ2) is 11.6. The first-order valence-electron chi connectivity index (χ1n) is 13.4. The number of carbonyl (C=O) groups excluding carboxylic acids is 1. The van der Waals surface area contributed by atoms with E-state index in [9.17, 15) is 63.3 Å². The van der Waals surface area contributed by atoms with E-state index in [1.807, 2.05) is 0 Å². The average molecular weight is 658 g/mol. The van der Waals surface area contributed by atoms with E-state index in [0.717, 1.165) is 29.2 Å². The standard InChI is InChI=1S/C28H27F8NO6S/c29-20-9-11-22(12-10-20)44(42,43)25(18-5-7-19(8-6-18)26(30,27(31,32)33)28(34,35)36)13-21(14-38)37(15-25)23(39)16-1-3-17(4-2-16)24(40)41/h5-12,16-17,21,38H,1-4,13-15H2,(H,40,41)/t16?,17?,21-,25?/m0/s1. The largest absolute Gasteiger partial charge is 0.481 e. The summed E-state index contributed by atoms with van der Waals surface area (Å²) in [5.41, 5.74) is -8.02. The van der Waals surface area contributed by atoms with E-state index in [0.29, 0.717) is 12.1 Å². The summed E-state index contributed by atoms with van der Waals surface area (Å²) in [6.45, 7) is -1.47. The number of carbonyl (C=O) groups is 2. The molecule has 2 fully saturated rings. The van der Waals surface area contributed by atoms with E-state index in [1.165, 1.54) is 0 Å². The molecule has 7 nitrogen and oxygen atoms in total.